The molecule has 2 atom stereocenters. The summed E-state index contributed by atoms with van der Waals surface area (Å²) in [4.78, 5) is 15.9. The molecule has 0 spiro atoms. The molecule has 1 saturated carbocycles. The van der Waals surface area contributed by atoms with Gasteiger partial charge in [-0.25, -0.2) is 4.39 Å². The molecular formula is C25H29Cl2FN2O2. The van der Waals surface area contributed by atoms with Crippen molar-refractivity contribution in [3.63, 3.8) is 0 Å². The van der Waals surface area contributed by atoms with Gasteiger partial charge in [0.1, 0.15) is 5.82 Å². The van der Waals surface area contributed by atoms with Crippen LogP contribution in [0.15, 0.2) is 30.3 Å². The lowest BCUT2D eigenvalue weighted by atomic mass is 9.97. The van der Waals surface area contributed by atoms with Crippen LogP contribution in [-0.2, 0) is 17.8 Å². The van der Waals surface area contributed by atoms with Crippen LogP contribution in [0.1, 0.15) is 60.9 Å². The maximum absolute atomic E-state index is 14.6. The molecule has 1 N–H and O–H groups in total. The lowest BCUT2D eigenvalue weighted by molar-refractivity contribution is -0.136. The van der Waals surface area contributed by atoms with Crippen LogP contribution in [0.4, 0.5) is 4.39 Å². The number of hydrogen-bond acceptors (Lipinski definition) is 3. The van der Waals surface area contributed by atoms with E-state index in [2.05, 4.69) is 23.6 Å². The van der Waals surface area contributed by atoms with Crippen LogP contribution in [0.2, 0.25) is 10.0 Å². The van der Waals surface area contributed by atoms with Crippen LogP contribution >= 0.6 is 23.2 Å². The van der Waals surface area contributed by atoms with Gasteiger partial charge in [0.05, 0.1) is 6.42 Å². The first kappa shape index (κ1) is 23.5. The third kappa shape index (κ3) is 5.45. The topological polar surface area (TPSA) is 43.8 Å². The molecule has 1 aliphatic carbocycles. The Morgan fingerprint density at radius 2 is 1.81 bits per heavy atom. The highest BCUT2D eigenvalue weighted by Gasteiger charge is 2.31. The highest BCUT2D eigenvalue weighted by Crippen LogP contribution is 2.43. The molecule has 2 fully saturated rings. The molecule has 0 radical (unpaired) electrons. The van der Waals surface area contributed by atoms with Gasteiger partial charge in [-0.15, -0.1) is 0 Å². The van der Waals surface area contributed by atoms with Crippen molar-refractivity contribution in [3.8, 4) is 0 Å². The standard InChI is InChI=1S/C25H29Cl2FN2O2/c1-15-13-29(5-6-30(15)16(2)18-7-21(26)12-22(27)8-18)14-20-10-24(28)19(11-25(31)32)9-23(20)17-3-4-17/h7-10,12,15-17H,3-6,11,13-14H2,1-2H3,(H,31,32)/t15-,16+/m1/s1. The van der Waals surface area contributed by atoms with Crippen LogP contribution in [0.3, 0.4) is 0 Å². The van der Waals surface area contributed by atoms with Gasteiger partial charge in [-0.2, -0.15) is 0 Å². The Morgan fingerprint density at radius 3 is 2.41 bits per heavy atom. The molecule has 0 unspecified atom stereocenters. The molecule has 1 heterocycles. The van der Waals surface area contributed by atoms with Crippen molar-refractivity contribution in [3.05, 3.63) is 68.4 Å². The summed E-state index contributed by atoms with van der Waals surface area (Å²) in [5, 5.41) is 10.4. The first-order valence-corrected chi connectivity index (χ1v) is 11.9. The summed E-state index contributed by atoms with van der Waals surface area (Å²) in [7, 11) is 0. The quantitative estimate of drug-likeness (QED) is 0.537. The minimum absolute atomic E-state index is 0.193. The average Bonchev–Trinajstić information content (AvgIpc) is 3.54. The monoisotopic (exact) mass is 478 g/mol. The van der Waals surface area contributed by atoms with Gasteiger partial charge in [0.2, 0.25) is 0 Å². The Hall–Kier alpha value is -1.66. The number of carbonyl (C=O) groups is 1. The largest absolute Gasteiger partial charge is 0.481 e. The lowest BCUT2D eigenvalue weighted by Crippen LogP contribution is -2.52. The molecule has 4 nitrogen and oxygen atoms in total. The van der Waals surface area contributed by atoms with Crippen molar-refractivity contribution in [1.82, 2.24) is 9.80 Å². The molecule has 1 saturated heterocycles. The molecule has 0 aromatic heterocycles. The SMILES string of the molecule is C[C@@H]1CN(Cc2cc(F)c(CC(=O)O)cc2C2CC2)CCN1[C@@H](C)c1cc(Cl)cc(Cl)c1. The Balaban J connectivity index is 1.46. The first-order valence-electron chi connectivity index (χ1n) is 11.2. The zero-order valence-corrected chi connectivity index (χ0v) is 20.0. The fourth-order valence-electron chi connectivity index (χ4n) is 4.90. The fraction of sp³-hybridized carbons (Fsp3) is 0.480. The fourth-order valence-corrected chi connectivity index (χ4v) is 5.45. The third-order valence-corrected chi connectivity index (χ3v) is 7.13. The Bertz CT molecular complexity index is 991. The van der Waals surface area contributed by atoms with Gasteiger partial charge in [-0.3, -0.25) is 14.6 Å². The molecule has 0 amide bonds. The average molecular weight is 479 g/mol. The Labute approximate surface area is 198 Å². The Morgan fingerprint density at radius 1 is 1.12 bits per heavy atom. The summed E-state index contributed by atoms with van der Waals surface area (Å²) >= 11 is 12.4. The molecule has 2 aliphatic rings. The van der Waals surface area contributed by atoms with Gasteiger partial charge in [0.25, 0.3) is 0 Å². The van der Waals surface area contributed by atoms with E-state index in [1.54, 1.807) is 18.2 Å². The van der Waals surface area contributed by atoms with Crippen LogP contribution in [0.5, 0.6) is 0 Å². The number of halogens is 3. The lowest BCUT2D eigenvalue weighted by Gasteiger charge is -2.43. The molecule has 172 valence electrons. The minimum atomic E-state index is -1.00. The van der Waals surface area contributed by atoms with Gasteiger partial charge in [0, 0.05) is 48.3 Å². The van der Waals surface area contributed by atoms with Gasteiger partial charge >= 0.3 is 5.97 Å². The number of benzene rings is 2. The van der Waals surface area contributed by atoms with E-state index in [0.29, 0.717) is 28.5 Å². The second-order valence-electron chi connectivity index (χ2n) is 9.19. The highest BCUT2D eigenvalue weighted by atomic mass is 35.5. The molecule has 7 heteroatoms. The van der Waals surface area contributed by atoms with Crippen LogP contribution in [0.25, 0.3) is 0 Å². The summed E-state index contributed by atoms with van der Waals surface area (Å²) in [6.07, 6.45) is 1.91. The normalized spacial score (nSPS) is 21.0. The predicted molar refractivity (Wildman–Crippen MR) is 126 cm³/mol. The van der Waals surface area contributed by atoms with E-state index >= 15 is 0 Å². The number of carboxylic acids is 1. The maximum atomic E-state index is 14.6. The Kier molecular flexibility index (Phi) is 7.11. The predicted octanol–water partition coefficient (Wildman–Crippen LogP) is 5.90. The summed E-state index contributed by atoms with van der Waals surface area (Å²) in [6, 6.07) is 9.57. The second kappa shape index (κ2) is 9.68. The van der Waals surface area contributed by atoms with Crippen molar-refractivity contribution in [2.24, 2.45) is 0 Å². The molecule has 4 rings (SSSR count). The number of carboxylic acid groups (broad SMARTS) is 1. The number of hydrogen-bond donors (Lipinski definition) is 1. The zero-order valence-electron chi connectivity index (χ0n) is 18.5. The van der Waals surface area contributed by atoms with E-state index in [-0.39, 0.29) is 18.0 Å². The number of rotatable bonds is 7. The zero-order chi connectivity index (χ0) is 23.0. The van der Waals surface area contributed by atoms with Gasteiger partial charge < -0.3 is 5.11 Å². The van der Waals surface area contributed by atoms with Crippen molar-refractivity contribution < 1.29 is 14.3 Å². The first-order chi connectivity index (χ1) is 15.2. The van der Waals surface area contributed by atoms with Crippen LogP contribution in [-0.4, -0.2) is 46.6 Å². The van der Waals surface area contributed by atoms with E-state index < -0.39 is 11.8 Å². The summed E-state index contributed by atoms with van der Waals surface area (Å²) < 4.78 is 14.6. The molecular weight excluding hydrogens is 450 g/mol. The van der Waals surface area contributed by atoms with Crippen LogP contribution in [0, 0.1) is 5.82 Å². The summed E-state index contributed by atoms with van der Waals surface area (Å²) in [6.45, 7) is 7.73. The summed E-state index contributed by atoms with van der Waals surface area (Å²) in [5.74, 6) is -0.979. The van der Waals surface area contributed by atoms with Crippen molar-refractivity contribution in [1.29, 1.82) is 0 Å². The number of nitrogens with zero attached hydrogens (tertiary/aromatic N) is 2. The molecule has 2 aromatic rings. The second-order valence-corrected chi connectivity index (χ2v) is 10.1. The van der Waals surface area contributed by atoms with E-state index in [4.69, 9.17) is 28.3 Å². The van der Waals surface area contributed by atoms with Crippen LogP contribution < -0.4 is 0 Å². The number of piperazine rings is 1. The van der Waals surface area contributed by atoms with Crippen molar-refractivity contribution in [2.45, 2.75) is 57.7 Å². The molecule has 1 aliphatic heterocycles. The van der Waals surface area contributed by atoms with Gasteiger partial charge in [-0.05, 0) is 79.1 Å². The van der Waals surface area contributed by atoms with Crippen molar-refractivity contribution >= 4 is 29.2 Å². The third-order valence-electron chi connectivity index (χ3n) is 6.69. The minimum Gasteiger partial charge on any atom is -0.481 e. The smallest absolute Gasteiger partial charge is 0.307 e. The highest BCUT2D eigenvalue weighted by molar-refractivity contribution is 6.34. The maximum Gasteiger partial charge on any atom is 0.307 e. The summed E-state index contributed by atoms with van der Waals surface area (Å²) in [5.41, 5.74) is 3.51. The molecule has 2 aromatic carbocycles. The number of aliphatic carboxylic acids is 1. The van der Waals surface area contributed by atoms with E-state index in [1.807, 2.05) is 12.1 Å². The van der Waals surface area contributed by atoms with E-state index in [9.17, 15) is 9.18 Å². The van der Waals surface area contributed by atoms with Gasteiger partial charge in [-0.1, -0.05) is 29.3 Å². The van der Waals surface area contributed by atoms with Crippen molar-refractivity contribution in [2.75, 3.05) is 19.6 Å². The molecule has 32 heavy (non-hydrogen) atoms. The van der Waals surface area contributed by atoms with E-state index in [1.165, 1.54) is 0 Å². The van der Waals surface area contributed by atoms with E-state index in [0.717, 1.165) is 49.2 Å². The molecule has 0 bridgehead atoms. The van der Waals surface area contributed by atoms with Gasteiger partial charge in [0.15, 0.2) is 0 Å².